The van der Waals surface area contributed by atoms with Gasteiger partial charge in [0, 0.05) is 11.6 Å². The zero-order valence-electron chi connectivity index (χ0n) is 13.1. The van der Waals surface area contributed by atoms with Crippen molar-refractivity contribution in [3.8, 4) is 0 Å². The first-order valence-corrected chi connectivity index (χ1v) is 7.20. The summed E-state index contributed by atoms with van der Waals surface area (Å²) in [4.78, 5) is 24.2. The summed E-state index contributed by atoms with van der Waals surface area (Å²) in [5.41, 5.74) is 0.245. The fourth-order valence-electron chi connectivity index (χ4n) is 2.23. The molecular weight excluding hydrogens is 294 g/mol. The molecule has 0 aliphatic carbocycles. The van der Waals surface area contributed by atoms with Gasteiger partial charge in [0.15, 0.2) is 5.69 Å². The largest absolute Gasteiger partial charge is 0.318 e. The van der Waals surface area contributed by atoms with E-state index < -0.39 is 5.91 Å². The minimum absolute atomic E-state index is 0.170. The maximum Gasteiger partial charge on any atom is 0.276 e. The van der Waals surface area contributed by atoms with Crippen LogP contribution >= 0.6 is 0 Å². The lowest BCUT2D eigenvalue weighted by Crippen LogP contribution is -2.22. The smallest absolute Gasteiger partial charge is 0.276 e. The molecule has 7 nitrogen and oxygen atoms in total. The Morgan fingerprint density at radius 2 is 1.91 bits per heavy atom. The first kappa shape index (κ1) is 15.0. The molecule has 0 bridgehead atoms. The number of benzene rings is 1. The summed E-state index contributed by atoms with van der Waals surface area (Å²) in [5.74, 6) is -0.397. The molecule has 0 fully saturated rings. The number of amides is 1. The van der Waals surface area contributed by atoms with Crippen molar-refractivity contribution in [3.05, 3.63) is 52.7 Å². The number of hydrogen-bond donors (Lipinski definition) is 2. The molecule has 0 saturated heterocycles. The van der Waals surface area contributed by atoms with Crippen LogP contribution in [0.4, 0.5) is 5.69 Å². The Morgan fingerprint density at radius 3 is 2.57 bits per heavy atom. The van der Waals surface area contributed by atoms with Crippen molar-refractivity contribution in [2.24, 2.45) is 0 Å². The van der Waals surface area contributed by atoms with E-state index in [4.69, 9.17) is 0 Å². The van der Waals surface area contributed by atoms with Crippen LogP contribution < -0.4 is 10.9 Å². The molecule has 3 aromatic rings. The molecule has 7 heteroatoms. The first-order chi connectivity index (χ1) is 10.9. The van der Waals surface area contributed by atoms with Crippen LogP contribution in [0, 0.1) is 0 Å². The highest BCUT2D eigenvalue weighted by molar-refractivity contribution is 6.10. The number of H-pyrrole nitrogens is 1. The van der Waals surface area contributed by atoms with Crippen LogP contribution in [0.25, 0.3) is 10.8 Å². The number of anilines is 1. The van der Waals surface area contributed by atoms with Gasteiger partial charge in [-0.2, -0.15) is 10.2 Å². The lowest BCUT2D eigenvalue weighted by Gasteiger charge is -2.18. The third kappa shape index (κ3) is 2.85. The number of aromatic amines is 1. The number of nitrogens with one attached hydrogen (secondary N) is 2. The zero-order chi connectivity index (χ0) is 16.6. The number of fused-ring (bicyclic) bond motifs is 1. The van der Waals surface area contributed by atoms with Gasteiger partial charge >= 0.3 is 0 Å². The lowest BCUT2D eigenvalue weighted by atomic mass is 10.1. The van der Waals surface area contributed by atoms with Crippen molar-refractivity contribution in [2.45, 2.75) is 26.3 Å². The van der Waals surface area contributed by atoms with Crippen molar-refractivity contribution in [2.75, 3.05) is 5.32 Å². The normalized spacial score (nSPS) is 11.6. The van der Waals surface area contributed by atoms with Crippen LogP contribution in [0.15, 0.2) is 41.5 Å². The maximum atomic E-state index is 12.5. The Labute approximate surface area is 132 Å². The van der Waals surface area contributed by atoms with E-state index in [0.717, 1.165) is 0 Å². The molecule has 3 rings (SSSR count). The number of hydrogen-bond acceptors (Lipinski definition) is 4. The highest BCUT2D eigenvalue weighted by Gasteiger charge is 2.17. The van der Waals surface area contributed by atoms with Crippen LogP contribution in [0.2, 0.25) is 0 Å². The summed E-state index contributed by atoms with van der Waals surface area (Å²) in [6, 6.07) is 6.86. The van der Waals surface area contributed by atoms with Crippen LogP contribution in [-0.4, -0.2) is 25.9 Å². The van der Waals surface area contributed by atoms with Gasteiger partial charge in [0.2, 0.25) is 0 Å². The van der Waals surface area contributed by atoms with Gasteiger partial charge in [-0.25, -0.2) is 5.10 Å². The lowest BCUT2D eigenvalue weighted by molar-refractivity contribution is 0.102. The Morgan fingerprint density at radius 1 is 1.22 bits per heavy atom. The molecule has 23 heavy (non-hydrogen) atoms. The molecule has 2 N–H and O–H groups in total. The summed E-state index contributed by atoms with van der Waals surface area (Å²) in [7, 11) is 0. The molecule has 2 heterocycles. The summed E-state index contributed by atoms with van der Waals surface area (Å²) in [6.07, 6.45) is 3.34. The van der Waals surface area contributed by atoms with Crippen LogP contribution in [0.1, 0.15) is 31.3 Å². The van der Waals surface area contributed by atoms with Crippen LogP contribution in [0.5, 0.6) is 0 Å². The molecule has 0 aliphatic rings. The topological polar surface area (TPSA) is 92.7 Å². The highest BCUT2D eigenvalue weighted by atomic mass is 16.2. The van der Waals surface area contributed by atoms with E-state index in [-0.39, 0.29) is 16.8 Å². The molecule has 0 atom stereocenters. The van der Waals surface area contributed by atoms with E-state index in [9.17, 15) is 9.59 Å². The molecule has 0 aliphatic heterocycles. The molecule has 1 amide bonds. The molecular formula is C16H17N5O2. The third-order valence-electron chi connectivity index (χ3n) is 3.44. The highest BCUT2D eigenvalue weighted by Crippen LogP contribution is 2.18. The Bertz CT molecular complexity index is 933. The molecule has 0 unspecified atom stereocenters. The quantitative estimate of drug-likeness (QED) is 0.758. The summed E-state index contributed by atoms with van der Waals surface area (Å²) < 4.78 is 1.76. The molecule has 2 aromatic heterocycles. The maximum absolute atomic E-state index is 12.5. The van der Waals surface area contributed by atoms with Crippen LogP contribution in [0.3, 0.4) is 0 Å². The Hall–Kier alpha value is -2.96. The van der Waals surface area contributed by atoms with E-state index in [0.29, 0.717) is 16.5 Å². The molecule has 118 valence electrons. The summed E-state index contributed by atoms with van der Waals surface area (Å²) in [6.45, 7) is 6.05. The second-order valence-electron chi connectivity index (χ2n) is 6.25. The minimum Gasteiger partial charge on any atom is -0.318 e. The van der Waals surface area contributed by atoms with E-state index >= 15 is 0 Å². The monoisotopic (exact) mass is 311 g/mol. The second kappa shape index (κ2) is 5.35. The van der Waals surface area contributed by atoms with E-state index in [2.05, 4.69) is 20.6 Å². The summed E-state index contributed by atoms with van der Waals surface area (Å²) >= 11 is 0. The zero-order valence-corrected chi connectivity index (χ0v) is 13.1. The third-order valence-corrected chi connectivity index (χ3v) is 3.44. The minimum atomic E-state index is -0.397. The number of aromatic nitrogens is 4. The van der Waals surface area contributed by atoms with Gasteiger partial charge < -0.3 is 5.32 Å². The standard InChI is InChI=1S/C16H17N5O2/c1-16(2,3)21-9-10(8-17-21)18-15(23)13-11-6-4-5-7-12(11)14(22)20-19-13/h4-9H,1-3H3,(H,18,23)(H,20,22). The van der Waals surface area contributed by atoms with Crippen molar-refractivity contribution < 1.29 is 4.79 Å². The molecule has 0 radical (unpaired) electrons. The average Bonchev–Trinajstić information content (AvgIpc) is 2.96. The number of carbonyl (C=O) groups is 1. The van der Waals surface area contributed by atoms with E-state index in [1.807, 2.05) is 20.8 Å². The second-order valence-corrected chi connectivity index (χ2v) is 6.25. The van der Waals surface area contributed by atoms with Crippen molar-refractivity contribution >= 4 is 22.4 Å². The summed E-state index contributed by atoms with van der Waals surface area (Å²) in [5, 5.41) is 14.2. The van der Waals surface area contributed by atoms with Gasteiger partial charge in [0.25, 0.3) is 11.5 Å². The average molecular weight is 311 g/mol. The predicted octanol–water partition coefficient (Wildman–Crippen LogP) is 2.13. The fraction of sp³-hybridized carbons (Fsp3) is 0.250. The van der Waals surface area contributed by atoms with Gasteiger partial charge in [-0.05, 0) is 26.8 Å². The number of rotatable bonds is 2. The van der Waals surface area contributed by atoms with Gasteiger partial charge in [0.1, 0.15) is 0 Å². The van der Waals surface area contributed by atoms with Gasteiger partial charge in [0.05, 0.1) is 22.8 Å². The van der Waals surface area contributed by atoms with Crippen LogP contribution in [-0.2, 0) is 5.54 Å². The van der Waals surface area contributed by atoms with Crippen molar-refractivity contribution in [1.29, 1.82) is 0 Å². The number of nitrogens with zero attached hydrogens (tertiary/aromatic N) is 3. The fourth-order valence-corrected chi connectivity index (χ4v) is 2.23. The molecule has 1 aromatic carbocycles. The van der Waals surface area contributed by atoms with Gasteiger partial charge in [-0.15, -0.1) is 0 Å². The predicted molar refractivity (Wildman–Crippen MR) is 87.5 cm³/mol. The Balaban J connectivity index is 1.94. The Kier molecular flexibility index (Phi) is 3.48. The molecule has 0 spiro atoms. The van der Waals surface area contributed by atoms with Crippen molar-refractivity contribution in [3.63, 3.8) is 0 Å². The first-order valence-electron chi connectivity index (χ1n) is 7.20. The van der Waals surface area contributed by atoms with E-state index in [1.54, 1.807) is 41.3 Å². The number of carbonyl (C=O) groups excluding carboxylic acids is 1. The van der Waals surface area contributed by atoms with Gasteiger partial charge in [-0.3, -0.25) is 14.3 Å². The van der Waals surface area contributed by atoms with Gasteiger partial charge in [-0.1, -0.05) is 18.2 Å². The SMILES string of the molecule is CC(C)(C)n1cc(NC(=O)c2n[nH]c(=O)c3ccccc23)cn1. The molecule has 0 saturated carbocycles. The van der Waals surface area contributed by atoms with Crippen molar-refractivity contribution in [1.82, 2.24) is 20.0 Å². The van der Waals surface area contributed by atoms with E-state index in [1.165, 1.54) is 0 Å².